The van der Waals surface area contributed by atoms with Gasteiger partial charge in [-0.15, -0.1) is 0 Å². The number of benzene rings is 2. The Morgan fingerprint density at radius 1 is 1.13 bits per heavy atom. The van der Waals surface area contributed by atoms with Crippen LogP contribution in [0.3, 0.4) is 0 Å². The molecule has 0 aromatic heterocycles. The number of nitrogens with zero attached hydrogens (tertiary/aromatic N) is 1. The number of nitrogens with one attached hydrogen (secondary N) is 1. The fourth-order valence-corrected chi connectivity index (χ4v) is 2.79. The van der Waals surface area contributed by atoms with Crippen molar-refractivity contribution in [3.8, 4) is 0 Å². The lowest BCUT2D eigenvalue weighted by Gasteiger charge is -2.26. The molecule has 1 aliphatic heterocycles. The van der Waals surface area contributed by atoms with E-state index in [9.17, 15) is 14.4 Å². The minimum absolute atomic E-state index is 0.328. The zero-order valence-corrected chi connectivity index (χ0v) is 12.2. The number of carboxylic acid groups (broad SMARTS) is 1. The molecule has 0 saturated carbocycles. The third kappa shape index (κ3) is 2.40. The molecule has 0 spiro atoms. The van der Waals surface area contributed by atoms with Gasteiger partial charge >= 0.3 is 5.97 Å². The molecule has 4 N–H and O–H groups in total. The highest BCUT2D eigenvalue weighted by molar-refractivity contribution is 6.27. The fraction of sp³-hybridized carbons (Fsp3) is 0.188. The molecule has 0 unspecified atom stereocenters. The van der Waals surface area contributed by atoms with Crippen molar-refractivity contribution >= 4 is 34.2 Å². The lowest BCUT2D eigenvalue weighted by atomic mass is 9.93. The Balaban J connectivity index is 2.19. The van der Waals surface area contributed by atoms with Crippen LogP contribution in [0.5, 0.6) is 0 Å². The zero-order chi connectivity index (χ0) is 16.6. The second-order valence-corrected chi connectivity index (χ2v) is 5.19. The number of carbonyl (C=O) groups excluding carboxylic acids is 2. The van der Waals surface area contributed by atoms with Crippen LogP contribution < -0.4 is 11.1 Å². The number of imide groups is 1. The Morgan fingerprint density at radius 2 is 1.83 bits per heavy atom. The molecule has 0 radical (unpaired) electrons. The van der Waals surface area contributed by atoms with Gasteiger partial charge < -0.3 is 16.2 Å². The molecular weight excluding hydrogens is 298 g/mol. The lowest BCUT2D eigenvalue weighted by Crippen LogP contribution is -2.43. The smallest absolute Gasteiger partial charge is 0.323 e. The molecule has 0 bridgehead atoms. The molecule has 7 nitrogen and oxygen atoms in total. The minimum atomic E-state index is -1.23. The summed E-state index contributed by atoms with van der Waals surface area (Å²) in [6, 6.07) is 8.47. The topological polar surface area (TPSA) is 113 Å². The van der Waals surface area contributed by atoms with E-state index in [2.05, 4.69) is 5.32 Å². The summed E-state index contributed by atoms with van der Waals surface area (Å²) in [4.78, 5) is 36.6. The number of hydrogen-bond donors (Lipinski definition) is 3. The van der Waals surface area contributed by atoms with E-state index in [0.29, 0.717) is 29.6 Å². The van der Waals surface area contributed by atoms with Gasteiger partial charge in [-0.25, -0.2) is 0 Å². The van der Waals surface area contributed by atoms with E-state index in [0.717, 1.165) is 16.0 Å². The van der Waals surface area contributed by atoms with E-state index >= 15 is 0 Å². The molecule has 0 atom stereocenters. The van der Waals surface area contributed by atoms with Crippen LogP contribution in [0.15, 0.2) is 30.3 Å². The van der Waals surface area contributed by atoms with Crippen LogP contribution >= 0.6 is 0 Å². The molecule has 118 valence electrons. The van der Waals surface area contributed by atoms with E-state index in [4.69, 9.17) is 10.8 Å². The highest BCUT2D eigenvalue weighted by Gasteiger charge is 2.34. The summed E-state index contributed by atoms with van der Waals surface area (Å²) < 4.78 is 0. The number of carbonyl (C=O) groups is 3. The third-order valence-corrected chi connectivity index (χ3v) is 3.74. The van der Waals surface area contributed by atoms with Crippen molar-refractivity contribution in [3.63, 3.8) is 0 Å². The Hall–Kier alpha value is -2.93. The van der Waals surface area contributed by atoms with Crippen LogP contribution in [0.2, 0.25) is 0 Å². The number of nitrogens with two attached hydrogens (primary N) is 1. The Bertz CT molecular complexity index is 809. The van der Waals surface area contributed by atoms with Crippen molar-refractivity contribution in [2.75, 3.05) is 25.0 Å². The summed E-state index contributed by atoms with van der Waals surface area (Å²) >= 11 is 0. The van der Waals surface area contributed by atoms with E-state index in [1.54, 1.807) is 24.3 Å². The molecule has 23 heavy (non-hydrogen) atoms. The second-order valence-electron chi connectivity index (χ2n) is 5.19. The largest absolute Gasteiger partial charge is 0.480 e. The van der Waals surface area contributed by atoms with Gasteiger partial charge in [-0.2, -0.15) is 0 Å². The quantitative estimate of drug-likeness (QED) is 0.707. The first-order chi connectivity index (χ1) is 11.0. The van der Waals surface area contributed by atoms with E-state index in [-0.39, 0.29) is 0 Å². The number of rotatable bonds is 5. The standard InChI is InChI=1S/C16H15N3O4/c17-6-7-18-12-5-4-11-14-9(12)2-1-3-10(14)15(22)19(16(11)23)8-13(20)21/h1-5,18H,6-8,17H2,(H,20,21). The third-order valence-electron chi connectivity index (χ3n) is 3.74. The average Bonchev–Trinajstić information content (AvgIpc) is 2.54. The summed E-state index contributed by atoms with van der Waals surface area (Å²) in [6.07, 6.45) is 0. The summed E-state index contributed by atoms with van der Waals surface area (Å²) in [5, 5.41) is 13.4. The highest BCUT2D eigenvalue weighted by Crippen LogP contribution is 2.34. The van der Waals surface area contributed by atoms with Gasteiger partial charge in [0.2, 0.25) is 0 Å². The molecule has 3 rings (SSSR count). The molecule has 0 saturated heterocycles. The summed E-state index contributed by atoms with van der Waals surface area (Å²) in [7, 11) is 0. The monoisotopic (exact) mass is 313 g/mol. The Kier molecular flexibility index (Phi) is 3.71. The van der Waals surface area contributed by atoms with Crippen molar-refractivity contribution in [3.05, 3.63) is 41.5 Å². The van der Waals surface area contributed by atoms with E-state index in [1.165, 1.54) is 0 Å². The number of carboxylic acids is 1. The van der Waals surface area contributed by atoms with Crippen LogP contribution in [0.25, 0.3) is 10.8 Å². The maximum absolute atomic E-state index is 12.5. The molecule has 2 aromatic rings. The van der Waals surface area contributed by atoms with Gasteiger partial charge in [-0.05, 0) is 18.2 Å². The number of aliphatic carboxylic acids is 1. The van der Waals surface area contributed by atoms with Gasteiger partial charge in [0.25, 0.3) is 11.8 Å². The van der Waals surface area contributed by atoms with Gasteiger partial charge in [-0.1, -0.05) is 12.1 Å². The first-order valence-corrected chi connectivity index (χ1v) is 7.12. The molecule has 0 aliphatic carbocycles. The maximum Gasteiger partial charge on any atom is 0.323 e. The minimum Gasteiger partial charge on any atom is -0.480 e. The summed E-state index contributed by atoms with van der Waals surface area (Å²) in [6.45, 7) is 0.361. The van der Waals surface area contributed by atoms with Crippen LogP contribution in [0.4, 0.5) is 5.69 Å². The fourth-order valence-electron chi connectivity index (χ4n) is 2.79. The van der Waals surface area contributed by atoms with Crippen LogP contribution in [-0.4, -0.2) is 47.4 Å². The van der Waals surface area contributed by atoms with Gasteiger partial charge in [0.05, 0.1) is 0 Å². The average molecular weight is 313 g/mol. The second kappa shape index (κ2) is 5.69. The SMILES string of the molecule is NCCNc1ccc2c3c(cccc13)C(=O)N(CC(=O)O)C2=O. The summed E-state index contributed by atoms with van der Waals surface area (Å²) in [5.74, 6) is -2.42. The number of anilines is 1. The van der Waals surface area contributed by atoms with Crippen LogP contribution in [0, 0.1) is 0 Å². The maximum atomic E-state index is 12.5. The van der Waals surface area contributed by atoms with E-state index in [1.807, 2.05) is 6.07 Å². The lowest BCUT2D eigenvalue weighted by molar-refractivity contribution is -0.137. The Labute approximate surface area is 131 Å². The Morgan fingerprint density at radius 3 is 2.48 bits per heavy atom. The first kappa shape index (κ1) is 15.0. The van der Waals surface area contributed by atoms with Gasteiger partial charge in [0.15, 0.2) is 0 Å². The van der Waals surface area contributed by atoms with Crippen molar-refractivity contribution in [1.29, 1.82) is 0 Å². The predicted molar refractivity (Wildman–Crippen MR) is 84.5 cm³/mol. The molecule has 2 amide bonds. The van der Waals surface area contributed by atoms with Crippen molar-refractivity contribution in [2.24, 2.45) is 5.73 Å². The predicted octanol–water partition coefficient (Wildman–Crippen LogP) is 0.891. The van der Waals surface area contributed by atoms with E-state index < -0.39 is 24.3 Å². The van der Waals surface area contributed by atoms with Gasteiger partial charge in [0, 0.05) is 40.7 Å². The molecule has 1 aliphatic rings. The van der Waals surface area contributed by atoms with Crippen molar-refractivity contribution < 1.29 is 19.5 Å². The number of hydrogen-bond acceptors (Lipinski definition) is 5. The molecule has 7 heteroatoms. The van der Waals surface area contributed by atoms with Gasteiger partial charge in [-0.3, -0.25) is 19.3 Å². The van der Waals surface area contributed by atoms with Crippen molar-refractivity contribution in [2.45, 2.75) is 0 Å². The number of amides is 2. The zero-order valence-electron chi connectivity index (χ0n) is 12.2. The van der Waals surface area contributed by atoms with Crippen molar-refractivity contribution in [1.82, 2.24) is 4.90 Å². The summed E-state index contributed by atoms with van der Waals surface area (Å²) in [5.41, 5.74) is 6.93. The van der Waals surface area contributed by atoms with Gasteiger partial charge in [0.1, 0.15) is 6.54 Å². The van der Waals surface area contributed by atoms with Crippen LogP contribution in [0.1, 0.15) is 20.7 Å². The highest BCUT2D eigenvalue weighted by atomic mass is 16.4. The van der Waals surface area contributed by atoms with Crippen LogP contribution in [-0.2, 0) is 4.79 Å². The molecule has 2 aromatic carbocycles. The molecule has 1 heterocycles. The molecular formula is C16H15N3O4. The molecule has 0 fully saturated rings. The first-order valence-electron chi connectivity index (χ1n) is 7.12. The normalized spacial score (nSPS) is 13.5.